The summed E-state index contributed by atoms with van der Waals surface area (Å²) in [4.78, 5) is 28.1. The molecule has 2 aromatic carbocycles. The molecule has 8 heteroatoms. The summed E-state index contributed by atoms with van der Waals surface area (Å²) >= 11 is 0. The van der Waals surface area contributed by atoms with Crippen LogP contribution in [0, 0.1) is 13.8 Å². The summed E-state index contributed by atoms with van der Waals surface area (Å²) < 4.78 is 34.1. The Labute approximate surface area is 199 Å². The zero-order chi connectivity index (χ0) is 24.5. The van der Waals surface area contributed by atoms with Crippen LogP contribution in [-0.2, 0) is 21.3 Å². The van der Waals surface area contributed by atoms with E-state index in [9.17, 15) is 18.0 Å². The van der Waals surface area contributed by atoms with Crippen LogP contribution in [0.15, 0.2) is 52.2 Å². The Balaban J connectivity index is 1.82. The largest absolute Gasteiger partial charge is 0.465 e. The average Bonchev–Trinajstić information content (AvgIpc) is 2.83. The molecule has 3 aromatic rings. The molecule has 1 aliphatic rings. The van der Waals surface area contributed by atoms with Crippen LogP contribution in [0.5, 0.6) is 0 Å². The van der Waals surface area contributed by atoms with Gasteiger partial charge in [0, 0.05) is 23.7 Å². The Morgan fingerprint density at radius 3 is 2.44 bits per heavy atom. The van der Waals surface area contributed by atoms with Gasteiger partial charge in [0.2, 0.25) is 10.0 Å². The molecule has 34 heavy (non-hydrogen) atoms. The summed E-state index contributed by atoms with van der Waals surface area (Å²) in [7, 11) is -2.86. The number of nitrogens with zero attached hydrogens (tertiary/aromatic N) is 1. The lowest BCUT2D eigenvalue weighted by atomic mass is 9.95. The maximum Gasteiger partial charge on any atom is 0.339 e. The molecule has 0 bridgehead atoms. The van der Waals surface area contributed by atoms with Crippen LogP contribution in [-0.4, -0.2) is 36.8 Å². The molecule has 1 fully saturated rings. The number of esters is 1. The fourth-order valence-electron chi connectivity index (χ4n) is 4.68. The molecule has 0 radical (unpaired) electrons. The molecule has 4 rings (SSSR count). The number of ether oxygens (including phenoxy) is 1. The predicted molar refractivity (Wildman–Crippen MR) is 131 cm³/mol. The van der Waals surface area contributed by atoms with Crippen LogP contribution >= 0.6 is 0 Å². The number of aromatic nitrogens is 1. The van der Waals surface area contributed by atoms with E-state index in [2.05, 4.69) is 4.98 Å². The van der Waals surface area contributed by atoms with Gasteiger partial charge in [-0.2, -0.15) is 4.31 Å². The number of hydrogen-bond donors (Lipinski definition) is 1. The smallest absolute Gasteiger partial charge is 0.339 e. The monoisotopic (exact) mass is 482 g/mol. The van der Waals surface area contributed by atoms with Gasteiger partial charge in [0.05, 0.1) is 17.6 Å². The Kier molecular flexibility index (Phi) is 6.91. The first-order valence-corrected chi connectivity index (χ1v) is 13.0. The van der Waals surface area contributed by atoms with Gasteiger partial charge in [0.15, 0.2) is 0 Å². The van der Waals surface area contributed by atoms with Gasteiger partial charge in [0.1, 0.15) is 0 Å². The highest BCUT2D eigenvalue weighted by Gasteiger charge is 2.35. The molecule has 0 aliphatic heterocycles. The second-order valence-electron chi connectivity index (χ2n) is 8.98. The number of aryl methyl sites for hydroxylation is 2. The van der Waals surface area contributed by atoms with E-state index in [0.717, 1.165) is 41.3 Å². The van der Waals surface area contributed by atoms with Crippen molar-refractivity contribution in [3.63, 3.8) is 0 Å². The number of H-pyrrole nitrogens is 1. The Morgan fingerprint density at radius 1 is 1.06 bits per heavy atom. The van der Waals surface area contributed by atoms with Crippen LogP contribution in [0.3, 0.4) is 0 Å². The Morgan fingerprint density at radius 2 is 1.74 bits per heavy atom. The molecular formula is C26H30N2O5S. The van der Waals surface area contributed by atoms with Gasteiger partial charge in [-0.05, 0) is 73.5 Å². The first-order chi connectivity index (χ1) is 16.2. The normalized spacial score (nSPS) is 15.1. The number of carbonyl (C=O) groups excluding carboxylic acids is 1. The summed E-state index contributed by atoms with van der Waals surface area (Å²) in [5.41, 5.74) is 2.94. The minimum atomic E-state index is -4.09. The highest BCUT2D eigenvalue weighted by atomic mass is 32.2. The van der Waals surface area contributed by atoms with Crippen LogP contribution in [0.4, 0.5) is 0 Å². The van der Waals surface area contributed by atoms with Crippen molar-refractivity contribution in [2.75, 3.05) is 7.11 Å². The number of fused-ring (bicyclic) bond motifs is 1. The highest BCUT2D eigenvalue weighted by Crippen LogP contribution is 2.31. The van der Waals surface area contributed by atoms with Crippen LogP contribution in [0.25, 0.3) is 10.9 Å². The fraction of sp³-hybridized carbons (Fsp3) is 0.385. The molecule has 1 aromatic heterocycles. The Bertz CT molecular complexity index is 1390. The molecule has 1 N–H and O–H groups in total. The topological polar surface area (TPSA) is 96.5 Å². The van der Waals surface area contributed by atoms with Crippen molar-refractivity contribution in [1.29, 1.82) is 0 Å². The SMILES string of the molecule is COC(=O)c1ccccc1S(=O)(=O)N(Cc1cc2cc(C)c(C)cc2[nH]c1=O)C1CCCCC1. The number of aromatic amines is 1. The van der Waals surface area contributed by atoms with Crippen molar-refractivity contribution < 1.29 is 17.9 Å². The van der Waals surface area contributed by atoms with E-state index in [0.29, 0.717) is 18.4 Å². The standard InChI is InChI=1S/C26H30N2O5S/c1-17-13-19-15-20(25(29)27-23(19)14-18(17)2)16-28(21-9-5-4-6-10-21)34(31,32)24-12-8-7-11-22(24)26(30)33-3/h7-8,11-15,21H,4-6,9-10,16H2,1-3H3,(H,27,29). The van der Waals surface area contributed by atoms with Gasteiger partial charge in [-0.15, -0.1) is 0 Å². The van der Waals surface area contributed by atoms with E-state index in [-0.39, 0.29) is 28.6 Å². The molecule has 0 atom stereocenters. The summed E-state index contributed by atoms with van der Waals surface area (Å²) in [6.07, 6.45) is 4.31. The second-order valence-corrected chi connectivity index (χ2v) is 10.8. The van der Waals surface area contributed by atoms with Crippen molar-refractivity contribution in [3.05, 3.63) is 75.1 Å². The number of pyridine rings is 1. The summed E-state index contributed by atoms with van der Waals surface area (Å²) in [5, 5.41) is 0.855. The van der Waals surface area contributed by atoms with Crippen molar-refractivity contribution in [3.8, 4) is 0 Å². The quantitative estimate of drug-likeness (QED) is 0.524. The molecule has 0 spiro atoms. The van der Waals surface area contributed by atoms with Gasteiger partial charge in [-0.3, -0.25) is 4.79 Å². The van der Waals surface area contributed by atoms with E-state index < -0.39 is 16.0 Å². The third-order valence-electron chi connectivity index (χ3n) is 6.72. The number of methoxy groups -OCH3 is 1. The summed E-state index contributed by atoms with van der Waals surface area (Å²) in [5.74, 6) is -0.711. The minimum absolute atomic E-state index is 0.00988. The van der Waals surface area contributed by atoms with E-state index in [1.807, 2.05) is 26.0 Å². The zero-order valence-corrected chi connectivity index (χ0v) is 20.6. The molecule has 0 saturated heterocycles. The van der Waals surface area contributed by atoms with E-state index in [1.54, 1.807) is 18.2 Å². The number of carbonyl (C=O) groups is 1. The fourth-order valence-corrected chi connectivity index (χ4v) is 6.53. The van der Waals surface area contributed by atoms with Gasteiger partial charge in [0.25, 0.3) is 5.56 Å². The summed E-state index contributed by atoms with van der Waals surface area (Å²) in [6.45, 7) is 3.92. The number of rotatable bonds is 6. The number of benzene rings is 2. The third kappa shape index (κ3) is 4.65. The average molecular weight is 483 g/mol. The van der Waals surface area contributed by atoms with Crippen molar-refractivity contribution in [2.45, 2.75) is 63.4 Å². The first-order valence-electron chi connectivity index (χ1n) is 11.5. The van der Waals surface area contributed by atoms with Crippen molar-refractivity contribution >= 4 is 26.9 Å². The molecule has 0 unspecified atom stereocenters. The van der Waals surface area contributed by atoms with E-state index >= 15 is 0 Å². The van der Waals surface area contributed by atoms with Crippen LogP contribution < -0.4 is 5.56 Å². The highest BCUT2D eigenvalue weighted by molar-refractivity contribution is 7.89. The van der Waals surface area contributed by atoms with Gasteiger partial charge in [-0.1, -0.05) is 31.4 Å². The van der Waals surface area contributed by atoms with E-state index in [4.69, 9.17) is 4.74 Å². The maximum absolute atomic E-state index is 14.0. The van der Waals surface area contributed by atoms with Gasteiger partial charge in [-0.25, -0.2) is 13.2 Å². The number of hydrogen-bond acceptors (Lipinski definition) is 5. The van der Waals surface area contributed by atoms with Crippen LogP contribution in [0.1, 0.15) is 59.2 Å². The third-order valence-corrected chi connectivity index (χ3v) is 8.68. The lowest BCUT2D eigenvalue weighted by molar-refractivity contribution is 0.0596. The molecule has 1 heterocycles. The van der Waals surface area contributed by atoms with Crippen molar-refractivity contribution in [2.24, 2.45) is 0 Å². The number of sulfonamides is 1. The predicted octanol–water partition coefficient (Wildman–Crippen LogP) is 4.46. The Hall–Kier alpha value is -2.97. The van der Waals surface area contributed by atoms with Gasteiger partial charge < -0.3 is 9.72 Å². The lowest BCUT2D eigenvalue weighted by Gasteiger charge is -2.33. The zero-order valence-electron chi connectivity index (χ0n) is 19.8. The maximum atomic E-state index is 14.0. The van der Waals surface area contributed by atoms with Crippen molar-refractivity contribution in [1.82, 2.24) is 9.29 Å². The minimum Gasteiger partial charge on any atom is -0.465 e. The van der Waals surface area contributed by atoms with Gasteiger partial charge >= 0.3 is 5.97 Å². The molecule has 1 aliphatic carbocycles. The van der Waals surface area contributed by atoms with E-state index in [1.165, 1.54) is 23.5 Å². The number of nitrogens with one attached hydrogen (secondary N) is 1. The van der Waals surface area contributed by atoms with Crippen LogP contribution in [0.2, 0.25) is 0 Å². The molecule has 180 valence electrons. The molecule has 0 amide bonds. The molecule has 1 saturated carbocycles. The summed E-state index contributed by atoms with van der Waals surface area (Å²) in [6, 6.07) is 11.5. The second kappa shape index (κ2) is 9.72. The molecular weight excluding hydrogens is 452 g/mol. The first kappa shape index (κ1) is 24.2. The molecule has 7 nitrogen and oxygen atoms in total. The lowest BCUT2D eigenvalue weighted by Crippen LogP contribution is -2.42.